The summed E-state index contributed by atoms with van der Waals surface area (Å²) in [5.41, 5.74) is 2.93. The quantitative estimate of drug-likeness (QED) is 0.724. The number of carbonyl (C=O) groups is 1. The monoisotopic (exact) mass is 219 g/mol. The SMILES string of the molecule is O=C1CCCc2c1[nH]c1cc(Cl)ccc21. The lowest BCUT2D eigenvalue weighted by Gasteiger charge is -2.09. The van der Waals surface area contributed by atoms with Crippen LogP contribution < -0.4 is 0 Å². The van der Waals surface area contributed by atoms with Gasteiger partial charge in [0.2, 0.25) is 0 Å². The Labute approximate surface area is 92.2 Å². The van der Waals surface area contributed by atoms with Crippen LogP contribution in [0.2, 0.25) is 5.02 Å². The molecule has 1 aromatic carbocycles. The summed E-state index contributed by atoms with van der Waals surface area (Å²) in [6.45, 7) is 0. The first-order valence-electron chi connectivity index (χ1n) is 5.09. The molecule has 3 heteroatoms. The van der Waals surface area contributed by atoms with Crippen molar-refractivity contribution in [1.82, 2.24) is 4.98 Å². The molecular weight excluding hydrogens is 210 g/mol. The molecule has 76 valence electrons. The van der Waals surface area contributed by atoms with Crippen molar-refractivity contribution in [3.05, 3.63) is 34.5 Å². The molecule has 3 rings (SSSR count). The first-order valence-corrected chi connectivity index (χ1v) is 5.47. The van der Waals surface area contributed by atoms with E-state index in [2.05, 4.69) is 4.98 Å². The van der Waals surface area contributed by atoms with Gasteiger partial charge in [-0.05, 0) is 30.5 Å². The van der Waals surface area contributed by atoms with Crippen LogP contribution in [0.1, 0.15) is 28.9 Å². The van der Waals surface area contributed by atoms with E-state index in [0.717, 1.165) is 35.0 Å². The Hall–Kier alpha value is -1.28. The molecule has 1 aromatic heterocycles. The summed E-state index contributed by atoms with van der Waals surface area (Å²) in [5.74, 6) is 0.226. The molecule has 0 unspecified atom stereocenters. The first-order chi connectivity index (χ1) is 7.25. The number of rotatable bonds is 0. The number of carbonyl (C=O) groups excluding carboxylic acids is 1. The largest absolute Gasteiger partial charge is 0.352 e. The van der Waals surface area contributed by atoms with E-state index in [9.17, 15) is 4.79 Å². The van der Waals surface area contributed by atoms with Gasteiger partial charge >= 0.3 is 0 Å². The number of hydrogen-bond donors (Lipinski definition) is 1. The van der Waals surface area contributed by atoms with Gasteiger partial charge in [0.05, 0.1) is 5.69 Å². The molecule has 0 spiro atoms. The van der Waals surface area contributed by atoms with Gasteiger partial charge in [0.25, 0.3) is 0 Å². The lowest BCUT2D eigenvalue weighted by atomic mass is 9.95. The zero-order chi connectivity index (χ0) is 10.4. The van der Waals surface area contributed by atoms with Crippen LogP contribution in [-0.4, -0.2) is 10.8 Å². The predicted molar refractivity (Wildman–Crippen MR) is 60.6 cm³/mol. The van der Waals surface area contributed by atoms with E-state index in [4.69, 9.17) is 11.6 Å². The van der Waals surface area contributed by atoms with Crippen LogP contribution in [0, 0.1) is 0 Å². The van der Waals surface area contributed by atoms with Crippen molar-refractivity contribution in [1.29, 1.82) is 0 Å². The van der Waals surface area contributed by atoms with Gasteiger partial charge in [-0.2, -0.15) is 0 Å². The second kappa shape index (κ2) is 3.11. The molecule has 2 aromatic rings. The Morgan fingerprint density at radius 3 is 3.00 bits per heavy atom. The summed E-state index contributed by atoms with van der Waals surface area (Å²) >= 11 is 5.91. The zero-order valence-corrected chi connectivity index (χ0v) is 8.90. The molecule has 0 saturated heterocycles. The number of benzene rings is 1. The number of ketones is 1. The van der Waals surface area contributed by atoms with Crippen LogP contribution in [0.15, 0.2) is 18.2 Å². The summed E-state index contributed by atoms with van der Waals surface area (Å²) < 4.78 is 0. The van der Waals surface area contributed by atoms with Crippen LogP contribution in [-0.2, 0) is 6.42 Å². The predicted octanol–water partition coefficient (Wildman–Crippen LogP) is 3.34. The van der Waals surface area contributed by atoms with E-state index >= 15 is 0 Å². The molecule has 1 aliphatic carbocycles. The Morgan fingerprint density at radius 2 is 2.13 bits per heavy atom. The minimum atomic E-state index is 0.226. The normalized spacial score (nSPS) is 15.7. The molecule has 0 bridgehead atoms. The second-order valence-corrected chi connectivity index (χ2v) is 4.38. The van der Waals surface area contributed by atoms with E-state index < -0.39 is 0 Å². The van der Waals surface area contributed by atoms with Gasteiger partial charge in [0, 0.05) is 22.3 Å². The third-order valence-corrected chi connectivity index (χ3v) is 3.21. The molecule has 0 amide bonds. The van der Waals surface area contributed by atoms with Crippen LogP contribution >= 0.6 is 11.6 Å². The number of halogens is 1. The van der Waals surface area contributed by atoms with E-state index in [1.54, 1.807) is 0 Å². The number of aromatic amines is 1. The molecule has 1 N–H and O–H groups in total. The standard InChI is InChI=1S/C12H10ClNO/c13-7-4-5-8-9-2-1-3-11(15)12(9)14-10(8)6-7/h4-6,14H,1-3H2. The van der Waals surface area contributed by atoms with E-state index in [0.29, 0.717) is 11.4 Å². The summed E-state index contributed by atoms with van der Waals surface area (Å²) in [6.07, 6.45) is 2.61. The third-order valence-electron chi connectivity index (χ3n) is 2.98. The maximum atomic E-state index is 11.7. The van der Waals surface area contributed by atoms with Crippen molar-refractivity contribution in [3.63, 3.8) is 0 Å². The second-order valence-electron chi connectivity index (χ2n) is 3.95. The maximum absolute atomic E-state index is 11.7. The summed E-state index contributed by atoms with van der Waals surface area (Å²) in [7, 11) is 0. The van der Waals surface area contributed by atoms with Crippen molar-refractivity contribution >= 4 is 28.3 Å². The Kier molecular flexibility index (Phi) is 1.86. The number of fused-ring (bicyclic) bond motifs is 3. The number of aromatic nitrogens is 1. The molecule has 0 fully saturated rings. The summed E-state index contributed by atoms with van der Waals surface area (Å²) in [4.78, 5) is 14.8. The lowest BCUT2D eigenvalue weighted by molar-refractivity contribution is 0.0968. The number of hydrogen-bond acceptors (Lipinski definition) is 1. The molecule has 0 saturated carbocycles. The van der Waals surface area contributed by atoms with E-state index in [1.807, 2.05) is 18.2 Å². The van der Waals surface area contributed by atoms with Crippen LogP contribution in [0.4, 0.5) is 0 Å². The number of H-pyrrole nitrogens is 1. The van der Waals surface area contributed by atoms with Gasteiger partial charge in [-0.1, -0.05) is 17.7 Å². The summed E-state index contributed by atoms with van der Waals surface area (Å²) in [6, 6.07) is 5.74. The highest BCUT2D eigenvalue weighted by molar-refractivity contribution is 6.31. The fourth-order valence-corrected chi connectivity index (χ4v) is 2.45. The van der Waals surface area contributed by atoms with Gasteiger partial charge in [-0.3, -0.25) is 4.79 Å². The molecule has 1 heterocycles. The molecular formula is C12H10ClNO. The van der Waals surface area contributed by atoms with Gasteiger partial charge in [0.15, 0.2) is 5.78 Å². The van der Waals surface area contributed by atoms with Gasteiger partial charge in [0.1, 0.15) is 0 Å². The fourth-order valence-electron chi connectivity index (χ4n) is 2.28. The number of Topliss-reactive ketones (excluding diaryl/α,β-unsaturated/α-hetero) is 1. The Morgan fingerprint density at radius 1 is 1.27 bits per heavy atom. The minimum absolute atomic E-state index is 0.226. The van der Waals surface area contributed by atoms with Gasteiger partial charge in [-0.25, -0.2) is 0 Å². The van der Waals surface area contributed by atoms with Gasteiger partial charge in [-0.15, -0.1) is 0 Å². The Balaban J connectivity index is 2.35. The summed E-state index contributed by atoms with van der Waals surface area (Å²) in [5, 5.41) is 1.84. The average molecular weight is 220 g/mol. The van der Waals surface area contributed by atoms with Gasteiger partial charge < -0.3 is 4.98 Å². The average Bonchev–Trinajstić information content (AvgIpc) is 2.57. The highest BCUT2D eigenvalue weighted by atomic mass is 35.5. The highest BCUT2D eigenvalue weighted by Gasteiger charge is 2.21. The van der Waals surface area contributed by atoms with Crippen molar-refractivity contribution in [2.45, 2.75) is 19.3 Å². The van der Waals surface area contributed by atoms with Crippen LogP contribution in [0.5, 0.6) is 0 Å². The van der Waals surface area contributed by atoms with Crippen molar-refractivity contribution in [2.24, 2.45) is 0 Å². The molecule has 1 aliphatic rings. The van der Waals surface area contributed by atoms with E-state index in [-0.39, 0.29) is 5.78 Å². The lowest BCUT2D eigenvalue weighted by Crippen LogP contribution is -2.09. The zero-order valence-electron chi connectivity index (χ0n) is 8.14. The topological polar surface area (TPSA) is 32.9 Å². The highest BCUT2D eigenvalue weighted by Crippen LogP contribution is 2.30. The minimum Gasteiger partial charge on any atom is -0.352 e. The maximum Gasteiger partial charge on any atom is 0.179 e. The van der Waals surface area contributed by atoms with Crippen molar-refractivity contribution in [2.75, 3.05) is 0 Å². The van der Waals surface area contributed by atoms with Crippen LogP contribution in [0.3, 0.4) is 0 Å². The fraction of sp³-hybridized carbons (Fsp3) is 0.250. The third kappa shape index (κ3) is 1.29. The van der Waals surface area contributed by atoms with Crippen molar-refractivity contribution < 1.29 is 4.79 Å². The Bertz CT molecular complexity index is 556. The first kappa shape index (κ1) is 8.98. The smallest absolute Gasteiger partial charge is 0.179 e. The molecule has 0 aliphatic heterocycles. The van der Waals surface area contributed by atoms with Crippen molar-refractivity contribution in [3.8, 4) is 0 Å². The molecule has 15 heavy (non-hydrogen) atoms. The molecule has 2 nitrogen and oxygen atoms in total. The number of aryl methyl sites for hydroxylation is 1. The van der Waals surface area contributed by atoms with E-state index in [1.165, 1.54) is 0 Å². The molecule has 0 atom stereocenters. The number of nitrogens with one attached hydrogen (secondary N) is 1. The molecule has 0 radical (unpaired) electrons. The van der Waals surface area contributed by atoms with Crippen LogP contribution in [0.25, 0.3) is 10.9 Å².